The lowest BCUT2D eigenvalue weighted by Gasteiger charge is -2.09. The average molecular weight is 368 g/mol. The molecule has 0 spiro atoms. The van der Waals surface area contributed by atoms with Crippen molar-refractivity contribution in [2.75, 3.05) is 5.32 Å². The summed E-state index contributed by atoms with van der Waals surface area (Å²) in [6.45, 7) is 1.95. The summed E-state index contributed by atoms with van der Waals surface area (Å²) in [7, 11) is 0. The third kappa shape index (κ3) is 4.08. The summed E-state index contributed by atoms with van der Waals surface area (Å²) >= 11 is 1.61. The van der Waals surface area contributed by atoms with Crippen molar-refractivity contribution >= 4 is 34.2 Å². The minimum absolute atomic E-state index is 0.544. The molecule has 0 saturated heterocycles. The Morgan fingerprint density at radius 2 is 1.67 bits per heavy atom. The lowest BCUT2D eigenvalue weighted by atomic mass is 10.1. The van der Waals surface area contributed by atoms with Crippen LogP contribution in [0.3, 0.4) is 0 Å². The molecule has 1 N–H and O–H groups in total. The molecule has 0 atom stereocenters. The molecule has 0 unspecified atom stereocenters. The molecule has 27 heavy (non-hydrogen) atoms. The number of anilines is 2. The Bertz CT molecular complexity index is 1150. The maximum atomic E-state index is 8.90. The summed E-state index contributed by atoms with van der Waals surface area (Å²) in [6, 6.07) is 26.0. The van der Waals surface area contributed by atoms with Gasteiger partial charge in [-0.1, -0.05) is 42.1 Å². The number of hydrogen-bond acceptors (Lipinski definition) is 5. The molecule has 0 bridgehead atoms. The summed E-state index contributed by atoms with van der Waals surface area (Å²) in [5, 5.41) is 15.4. The number of nitrogens with one attached hydrogen (secondary N) is 1. The molecule has 0 aliphatic heterocycles. The number of aromatic nitrogens is 2. The normalized spacial score (nSPS) is 10.5. The molecule has 4 aromatic rings. The Balaban J connectivity index is 1.58. The van der Waals surface area contributed by atoms with Crippen molar-refractivity contribution in [3.05, 3.63) is 84.1 Å². The van der Waals surface area contributed by atoms with Crippen LogP contribution in [-0.4, -0.2) is 9.97 Å². The van der Waals surface area contributed by atoms with Crippen molar-refractivity contribution in [2.45, 2.75) is 16.8 Å². The second-order valence-corrected chi connectivity index (χ2v) is 7.19. The van der Waals surface area contributed by atoms with Crippen LogP contribution in [0, 0.1) is 18.3 Å². The third-order valence-electron chi connectivity index (χ3n) is 4.04. The van der Waals surface area contributed by atoms with E-state index in [1.165, 1.54) is 10.8 Å². The molecule has 1 aromatic heterocycles. The first-order chi connectivity index (χ1) is 13.2. The molecule has 0 radical (unpaired) electrons. The van der Waals surface area contributed by atoms with Gasteiger partial charge in [0.1, 0.15) is 5.03 Å². The highest BCUT2D eigenvalue weighted by atomic mass is 32.2. The zero-order valence-electron chi connectivity index (χ0n) is 14.7. The van der Waals surface area contributed by atoms with E-state index < -0.39 is 0 Å². The van der Waals surface area contributed by atoms with Crippen molar-refractivity contribution in [1.29, 1.82) is 5.26 Å². The van der Waals surface area contributed by atoms with Gasteiger partial charge in [0.05, 0.1) is 11.6 Å². The number of aryl methyl sites for hydroxylation is 1. The summed E-state index contributed by atoms with van der Waals surface area (Å²) in [5.74, 6) is 0.544. The minimum Gasteiger partial charge on any atom is -0.324 e. The van der Waals surface area contributed by atoms with Crippen molar-refractivity contribution in [3.8, 4) is 6.07 Å². The number of nitriles is 1. The first-order valence-electron chi connectivity index (χ1n) is 8.49. The Kier molecular flexibility index (Phi) is 4.73. The van der Waals surface area contributed by atoms with Crippen LogP contribution in [0.5, 0.6) is 0 Å². The van der Waals surface area contributed by atoms with E-state index in [0.29, 0.717) is 11.5 Å². The molecule has 0 aliphatic rings. The van der Waals surface area contributed by atoms with Gasteiger partial charge in [-0.15, -0.1) is 0 Å². The van der Waals surface area contributed by atoms with E-state index in [1.54, 1.807) is 23.9 Å². The fourth-order valence-electron chi connectivity index (χ4n) is 2.76. The molecule has 3 aromatic carbocycles. The van der Waals surface area contributed by atoms with Crippen molar-refractivity contribution < 1.29 is 0 Å². The molecular weight excluding hydrogens is 352 g/mol. The summed E-state index contributed by atoms with van der Waals surface area (Å²) in [4.78, 5) is 10.2. The Labute approximate surface area is 161 Å². The zero-order chi connectivity index (χ0) is 18.6. The SMILES string of the molecule is Cc1cc(Sc2ccc3ccccc3c2)nc(Nc2ccc(C#N)cc2)n1. The van der Waals surface area contributed by atoms with Crippen LogP contribution in [0.25, 0.3) is 10.8 Å². The molecule has 0 amide bonds. The molecule has 0 aliphatic carbocycles. The number of nitrogens with zero attached hydrogens (tertiary/aromatic N) is 3. The van der Waals surface area contributed by atoms with Crippen molar-refractivity contribution in [2.24, 2.45) is 0 Å². The van der Waals surface area contributed by atoms with E-state index in [4.69, 9.17) is 5.26 Å². The van der Waals surface area contributed by atoms with Crippen molar-refractivity contribution in [3.63, 3.8) is 0 Å². The van der Waals surface area contributed by atoms with Gasteiger partial charge < -0.3 is 5.32 Å². The molecule has 1 heterocycles. The molecule has 0 saturated carbocycles. The predicted molar refractivity (Wildman–Crippen MR) is 109 cm³/mol. The second kappa shape index (κ2) is 7.48. The molecule has 4 rings (SSSR count). The van der Waals surface area contributed by atoms with Crippen LogP contribution < -0.4 is 5.32 Å². The van der Waals surface area contributed by atoms with Gasteiger partial charge in [-0.25, -0.2) is 9.97 Å². The van der Waals surface area contributed by atoms with Gasteiger partial charge in [0.15, 0.2) is 0 Å². The van der Waals surface area contributed by atoms with Crippen LogP contribution in [0.1, 0.15) is 11.3 Å². The fourth-order valence-corrected chi connectivity index (χ4v) is 3.68. The largest absolute Gasteiger partial charge is 0.324 e. The average Bonchev–Trinajstić information content (AvgIpc) is 2.68. The second-order valence-electron chi connectivity index (χ2n) is 6.10. The summed E-state index contributed by atoms with van der Waals surface area (Å²) < 4.78 is 0. The van der Waals surface area contributed by atoms with Gasteiger partial charge in [-0.2, -0.15) is 5.26 Å². The molecule has 130 valence electrons. The van der Waals surface area contributed by atoms with Crippen LogP contribution in [-0.2, 0) is 0 Å². The van der Waals surface area contributed by atoms with E-state index in [-0.39, 0.29) is 0 Å². The van der Waals surface area contributed by atoms with Gasteiger partial charge in [-0.3, -0.25) is 0 Å². The maximum absolute atomic E-state index is 8.90. The topological polar surface area (TPSA) is 61.6 Å². The standard InChI is InChI=1S/C22H16N4S/c1-15-12-21(27-20-11-8-17-4-2-3-5-18(17)13-20)26-22(24-15)25-19-9-6-16(14-23)7-10-19/h2-13H,1H3,(H,24,25,26). The highest BCUT2D eigenvalue weighted by molar-refractivity contribution is 7.99. The zero-order valence-corrected chi connectivity index (χ0v) is 15.5. The van der Waals surface area contributed by atoms with E-state index >= 15 is 0 Å². The molecular formula is C22H16N4S. The highest BCUT2D eigenvalue weighted by Crippen LogP contribution is 2.30. The maximum Gasteiger partial charge on any atom is 0.228 e. The van der Waals surface area contributed by atoms with E-state index in [1.807, 2.05) is 37.3 Å². The number of benzene rings is 3. The van der Waals surface area contributed by atoms with E-state index in [2.05, 4.69) is 51.7 Å². The fraction of sp³-hybridized carbons (Fsp3) is 0.0455. The molecule has 5 heteroatoms. The highest BCUT2D eigenvalue weighted by Gasteiger charge is 2.06. The molecule has 4 nitrogen and oxygen atoms in total. The van der Waals surface area contributed by atoms with Crippen LogP contribution >= 0.6 is 11.8 Å². The van der Waals surface area contributed by atoms with E-state index in [9.17, 15) is 0 Å². The number of hydrogen-bond donors (Lipinski definition) is 1. The van der Waals surface area contributed by atoms with Crippen LogP contribution in [0.2, 0.25) is 0 Å². The third-order valence-corrected chi connectivity index (χ3v) is 4.95. The lowest BCUT2D eigenvalue weighted by Crippen LogP contribution is -1.99. The van der Waals surface area contributed by atoms with Gasteiger partial charge in [-0.05, 0) is 60.2 Å². The van der Waals surface area contributed by atoms with Gasteiger partial charge in [0, 0.05) is 16.3 Å². The van der Waals surface area contributed by atoms with Gasteiger partial charge >= 0.3 is 0 Å². The molecule has 0 fully saturated rings. The predicted octanol–water partition coefficient (Wildman–Crippen LogP) is 5.70. The van der Waals surface area contributed by atoms with Crippen molar-refractivity contribution in [1.82, 2.24) is 9.97 Å². The number of fused-ring (bicyclic) bond motifs is 1. The first-order valence-corrected chi connectivity index (χ1v) is 9.31. The summed E-state index contributed by atoms with van der Waals surface area (Å²) in [6.07, 6.45) is 0. The monoisotopic (exact) mass is 368 g/mol. The van der Waals surface area contributed by atoms with Crippen LogP contribution in [0.4, 0.5) is 11.6 Å². The van der Waals surface area contributed by atoms with Crippen LogP contribution in [0.15, 0.2) is 82.7 Å². The smallest absolute Gasteiger partial charge is 0.228 e. The Morgan fingerprint density at radius 3 is 2.44 bits per heavy atom. The van der Waals surface area contributed by atoms with Gasteiger partial charge in [0.2, 0.25) is 5.95 Å². The Hall–Kier alpha value is -3.36. The van der Waals surface area contributed by atoms with Gasteiger partial charge in [0.25, 0.3) is 0 Å². The summed E-state index contributed by atoms with van der Waals surface area (Å²) in [5.41, 5.74) is 2.36. The first kappa shape index (κ1) is 17.1. The quantitative estimate of drug-likeness (QED) is 0.468. The van der Waals surface area contributed by atoms with E-state index in [0.717, 1.165) is 21.3 Å². The number of rotatable bonds is 4. The Morgan fingerprint density at radius 1 is 0.889 bits per heavy atom. The lowest BCUT2D eigenvalue weighted by molar-refractivity contribution is 1.01. The minimum atomic E-state index is 0.544.